The fourth-order valence-corrected chi connectivity index (χ4v) is 2.21. The smallest absolute Gasteiger partial charge is 0.267 e. The van der Waals surface area contributed by atoms with Crippen LogP contribution in [-0.2, 0) is 6.42 Å². The highest BCUT2D eigenvalue weighted by molar-refractivity contribution is 5.91. The monoisotopic (exact) mass is 216 g/mol. The Balaban J connectivity index is 2.10. The maximum absolute atomic E-state index is 11.0. The predicted molar refractivity (Wildman–Crippen MR) is 59.1 cm³/mol. The van der Waals surface area contributed by atoms with Crippen molar-refractivity contribution in [3.8, 4) is 0 Å². The number of aromatic nitrogens is 1. The summed E-state index contributed by atoms with van der Waals surface area (Å²) in [5, 5.41) is 0. The summed E-state index contributed by atoms with van der Waals surface area (Å²) < 4.78 is 0. The Morgan fingerprint density at radius 1 is 1.38 bits per heavy atom. The van der Waals surface area contributed by atoms with Crippen molar-refractivity contribution in [3.05, 3.63) is 34.7 Å². The van der Waals surface area contributed by atoms with E-state index in [9.17, 15) is 4.79 Å². The number of hydrogen-bond donors (Lipinski definition) is 3. The van der Waals surface area contributed by atoms with Gasteiger partial charge in [-0.1, -0.05) is 0 Å². The molecule has 5 heteroatoms. The van der Waals surface area contributed by atoms with Gasteiger partial charge in [0.2, 0.25) is 0 Å². The normalized spacial score (nSPS) is 17.8. The SMILES string of the molecule is NC(=O)c1ccc2c(n1)CCC1=C2NNC1. The molecule has 3 rings (SSSR count). The van der Waals surface area contributed by atoms with E-state index in [4.69, 9.17) is 5.73 Å². The average molecular weight is 216 g/mol. The summed E-state index contributed by atoms with van der Waals surface area (Å²) in [7, 11) is 0. The summed E-state index contributed by atoms with van der Waals surface area (Å²) in [6.07, 6.45) is 1.86. The minimum Gasteiger partial charge on any atom is -0.364 e. The molecule has 1 aromatic heterocycles. The molecule has 0 spiro atoms. The number of hydrogen-bond acceptors (Lipinski definition) is 4. The molecule has 2 aliphatic rings. The molecule has 5 nitrogen and oxygen atoms in total. The van der Waals surface area contributed by atoms with Gasteiger partial charge in [-0.25, -0.2) is 10.4 Å². The predicted octanol–water partition coefficient (Wildman–Crippen LogP) is -0.0544. The molecule has 4 N–H and O–H groups in total. The number of primary amides is 1. The van der Waals surface area contributed by atoms with Crippen LogP contribution in [0.2, 0.25) is 0 Å². The molecule has 1 aromatic rings. The lowest BCUT2D eigenvalue weighted by molar-refractivity contribution is 0.0995. The number of pyridine rings is 1. The van der Waals surface area contributed by atoms with Gasteiger partial charge >= 0.3 is 0 Å². The zero-order valence-corrected chi connectivity index (χ0v) is 8.71. The van der Waals surface area contributed by atoms with Gasteiger partial charge in [0.05, 0.1) is 11.4 Å². The van der Waals surface area contributed by atoms with Crippen LogP contribution in [0.4, 0.5) is 0 Å². The summed E-state index contributed by atoms with van der Waals surface area (Å²) >= 11 is 0. The lowest BCUT2D eigenvalue weighted by Gasteiger charge is -2.17. The third-order valence-electron chi connectivity index (χ3n) is 3.03. The number of aryl methyl sites for hydroxylation is 1. The quantitative estimate of drug-likeness (QED) is 0.614. The van der Waals surface area contributed by atoms with E-state index in [2.05, 4.69) is 15.8 Å². The van der Waals surface area contributed by atoms with Crippen molar-refractivity contribution >= 4 is 11.6 Å². The molecule has 16 heavy (non-hydrogen) atoms. The minimum absolute atomic E-state index is 0.341. The molecule has 0 radical (unpaired) electrons. The van der Waals surface area contributed by atoms with E-state index in [0.717, 1.165) is 36.3 Å². The number of hydrazine groups is 1. The van der Waals surface area contributed by atoms with E-state index in [1.165, 1.54) is 5.57 Å². The van der Waals surface area contributed by atoms with Crippen LogP contribution in [0.25, 0.3) is 5.70 Å². The first-order valence-corrected chi connectivity index (χ1v) is 5.26. The number of carbonyl (C=O) groups is 1. The molecular weight excluding hydrogens is 204 g/mol. The van der Waals surface area contributed by atoms with Crippen molar-refractivity contribution in [2.75, 3.05) is 6.54 Å². The fraction of sp³-hybridized carbons (Fsp3) is 0.273. The van der Waals surface area contributed by atoms with Crippen LogP contribution < -0.4 is 16.6 Å². The second-order valence-corrected chi connectivity index (χ2v) is 4.01. The lowest BCUT2D eigenvalue weighted by Crippen LogP contribution is -2.23. The van der Waals surface area contributed by atoms with Crippen LogP contribution in [-0.4, -0.2) is 17.4 Å². The van der Waals surface area contributed by atoms with Gasteiger partial charge in [0.25, 0.3) is 5.91 Å². The van der Waals surface area contributed by atoms with Crippen LogP contribution in [0, 0.1) is 0 Å². The largest absolute Gasteiger partial charge is 0.364 e. The summed E-state index contributed by atoms with van der Waals surface area (Å²) in [5.74, 6) is -0.472. The summed E-state index contributed by atoms with van der Waals surface area (Å²) in [6, 6.07) is 3.59. The van der Waals surface area contributed by atoms with E-state index in [1.807, 2.05) is 6.07 Å². The van der Waals surface area contributed by atoms with Crippen LogP contribution in [0.5, 0.6) is 0 Å². The number of amides is 1. The molecule has 0 unspecified atom stereocenters. The standard InChI is InChI=1S/C11H12N4O/c12-11(16)9-4-2-7-8(14-9)3-1-6-5-13-15-10(6)7/h2,4,13,15H,1,3,5H2,(H2,12,16). The number of nitrogens with zero attached hydrogens (tertiary/aromatic N) is 1. The Morgan fingerprint density at radius 2 is 2.25 bits per heavy atom. The van der Waals surface area contributed by atoms with Gasteiger partial charge in [0, 0.05) is 12.1 Å². The van der Waals surface area contributed by atoms with Gasteiger partial charge in [-0.15, -0.1) is 0 Å². The highest BCUT2D eigenvalue weighted by atomic mass is 16.1. The van der Waals surface area contributed by atoms with Gasteiger partial charge < -0.3 is 11.2 Å². The molecule has 0 bridgehead atoms. The van der Waals surface area contributed by atoms with Crippen LogP contribution in [0.1, 0.15) is 28.2 Å². The first kappa shape index (κ1) is 9.35. The first-order chi connectivity index (χ1) is 7.75. The number of nitrogens with two attached hydrogens (primary N) is 1. The Kier molecular flexibility index (Phi) is 1.94. The Morgan fingerprint density at radius 3 is 3.06 bits per heavy atom. The third-order valence-corrected chi connectivity index (χ3v) is 3.03. The van der Waals surface area contributed by atoms with Gasteiger partial charge in [0.1, 0.15) is 5.69 Å². The van der Waals surface area contributed by atoms with Crippen molar-refractivity contribution in [2.24, 2.45) is 5.73 Å². The van der Waals surface area contributed by atoms with E-state index in [0.29, 0.717) is 5.69 Å². The van der Waals surface area contributed by atoms with E-state index in [-0.39, 0.29) is 0 Å². The maximum Gasteiger partial charge on any atom is 0.267 e. The average Bonchev–Trinajstić information content (AvgIpc) is 2.76. The summed E-state index contributed by atoms with van der Waals surface area (Å²) in [4.78, 5) is 15.3. The Labute approximate surface area is 92.7 Å². The number of carbonyl (C=O) groups excluding carboxylic acids is 1. The lowest BCUT2D eigenvalue weighted by atomic mass is 9.93. The molecule has 2 heterocycles. The minimum atomic E-state index is -0.472. The van der Waals surface area contributed by atoms with Crippen LogP contribution >= 0.6 is 0 Å². The van der Waals surface area contributed by atoms with Crippen molar-refractivity contribution in [1.82, 2.24) is 15.8 Å². The topological polar surface area (TPSA) is 80.0 Å². The molecule has 82 valence electrons. The van der Waals surface area contributed by atoms with Gasteiger partial charge in [-0.05, 0) is 30.5 Å². The zero-order valence-electron chi connectivity index (χ0n) is 8.71. The van der Waals surface area contributed by atoms with Gasteiger partial charge in [-0.2, -0.15) is 0 Å². The van der Waals surface area contributed by atoms with Crippen molar-refractivity contribution < 1.29 is 4.79 Å². The zero-order chi connectivity index (χ0) is 11.1. The maximum atomic E-state index is 11.0. The second-order valence-electron chi connectivity index (χ2n) is 4.01. The molecule has 0 saturated heterocycles. The van der Waals surface area contributed by atoms with Crippen LogP contribution in [0.3, 0.4) is 0 Å². The Bertz CT molecular complexity index is 507. The Hall–Kier alpha value is -1.88. The van der Waals surface area contributed by atoms with Gasteiger partial charge in [0.15, 0.2) is 0 Å². The third kappa shape index (κ3) is 1.29. The van der Waals surface area contributed by atoms with E-state index in [1.54, 1.807) is 6.07 Å². The number of nitrogens with one attached hydrogen (secondary N) is 2. The highest BCUT2D eigenvalue weighted by Crippen LogP contribution is 2.29. The summed E-state index contributed by atoms with van der Waals surface area (Å²) in [5.41, 5.74) is 16.3. The molecule has 1 aliphatic carbocycles. The van der Waals surface area contributed by atoms with E-state index < -0.39 is 5.91 Å². The molecule has 0 aromatic carbocycles. The van der Waals surface area contributed by atoms with Crippen molar-refractivity contribution in [3.63, 3.8) is 0 Å². The first-order valence-electron chi connectivity index (χ1n) is 5.26. The number of fused-ring (bicyclic) bond motifs is 2. The van der Waals surface area contributed by atoms with Crippen molar-refractivity contribution in [1.29, 1.82) is 0 Å². The molecule has 0 fully saturated rings. The van der Waals surface area contributed by atoms with E-state index >= 15 is 0 Å². The molecule has 1 amide bonds. The molecular formula is C11H12N4O. The molecule has 0 saturated carbocycles. The van der Waals surface area contributed by atoms with Gasteiger partial charge in [-0.3, -0.25) is 4.79 Å². The molecule has 0 atom stereocenters. The van der Waals surface area contributed by atoms with Crippen LogP contribution in [0.15, 0.2) is 17.7 Å². The fourth-order valence-electron chi connectivity index (χ4n) is 2.21. The summed E-state index contributed by atoms with van der Waals surface area (Å²) in [6.45, 7) is 0.881. The number of rotatable bonds is 1. The van der Waals surface area contributed by atoms with Crippen molar-refractivity contribution in [2.45, 2.75) is 12.8 Å². The second kappa shape index (κ2) is 3.31. The molecule has 1 aliphatic heterocycles. The highest BCUT2D eigenvalue weighted by Gasteiger charge is 2.23.